The van der Waals surface area contributed by atoms with Crippen LogP contribution in [0.5, 0.6) is 0 Å². The molecule has 6 heteroatoms. The van der Waals surface area contributed by atoms with E-state index in [9.17, 15) is 9.59 Å². The average Bonchev–Trinajstić information content (AvgIpc) is 2.48. The van der Waals surface area contributed by atoms with E-state index in [2.05, 4.69) is 27.8 Å². The SMILES string of the molecule is CCc1n[nH]c(=O)c(C(=O)NC2CNCCC2C)c1CC. The molecule has 1 aliphatic heterocycles. The van der Waals surface area contributed by atoms with Crippen molar-refractivity contribution >= 4 is 5.91 Å². The van der Waals surface area contributed by atoms with Crippen LogP contribution >= 0.6 is 0 Å². The Labute approximate surface area is 124 Å². The molecule has 6 nitrogen and oxygen atoms in total. The van der Waals surface area contributed by atoms with Crippen molar-refractivity contribution in [1.82, 2.24) is 20.8 Å². The van der Waals surface area contributed by atoms with Gasteiger partial charge in [0.25, 0.3) is 11.5 Å². The second kappa shape index (κ2) is 6.85. The summed E-state index contributed by atoms with van der Waals surface area (Å²) >= 11 is 0. The Morgan fingerprint density at radius 3 is 2.76 bits per heavy atom. The van der Waals surface area contributed by atoms with Gasteiger partial charge in [0.15, 0.2) is 0 Å². The summed E-state index contributed by atoms with van der Waals surface area (Å²) in [5.41, 5.74) is 1.37. The maximum atomic E-state index is 12.5. The summed E-state index contributed by atoms with van der Waals surface area (Å²) in [6, 6.07) is 0.0635. The topological polar surface area (TPSA) is 86.9 Å². The molecule has 3 N–H and O–H groups in total. The van der Waals surface area contributed by atoms with Crippen LogP contribution in [0.15, 0.2) is 4.79 Å². The number of hydrogen-bond donors (Lipinski definition) is 3. The Morgan fingerprint density at radius 1 is 1.38 bits per heavy atom. The van der Waals surface area contributed by atoms with Gasteiger partial charge in [-0.25, -0.2) is 5.10 Å². The molecule has 2 unspecified atom stereocenters. The zero-order chi connectivity index (χ0) is 15.4. The summed E-state index contributed by atoms with van der Waals surface area (Å²) in [5, 5.41) is 12.8. The van der Waals surface area contributed by atoms with Crippen LogP contribution < -0.4 is 16.2 Å². The fraction of sp³-hybridized carbons (Fsp3) is 0.667. The molecule has 0 bridgehead atoms. The van der Waals surface area contributed by atoms with Gasteiger partial charge in [-0.05, 0) is 37.3 Å². The first kappa shape index (κ1) is 15.7. The van der Waals surface area contributed by atoms with Crippen molar-refractivity contribution in [3.63, 3.8) is 0 Å². The van der Waals surface area contributed by atoms with Gasteiger partial charge in [-0.15, -0.1) is 0 Å². The number of hydrogen-bond acceptors (Lipinski definition) is 4. The van der Waals surface area contributed by atoms with Crippen molar-refractivity contribution in [3.8, 4) is 0 Å². The number of H-pyrrole nitrogens is 1. The minimum Gasteiger partial charge on any atom is -0.348 e. The molecule has 2 atom stereocenters. The summed E-state index contributed by atoms with van der Waals surface area (Å²) in [7, 11) is 0. The molecule has 2 heterocycles. The van der Waals surface area contributed by atoms with Gasteiger partial charge in [0.2, 0.25) is 0 Å². The van der Waals surface area contributed by atoms with Crippen molar-refractivity contribution in [1.29, 1.82) is 0 Å². The second-order valence-corrected chi connectivity index (χ2v) is 5.61. The molecule has 1 aromatic rings. The van der Waals surface area contributed by atoms with Crippen LogP contribution in [0.3, 0.4) is 0 Å². The number of nitrogens with zero attached hydrogens (tertiary/aromatic N) is 1. The Kier molecular flexibility index (Phi) is 5.12. The van der Waals surface area contributed by atoms with E-state index in [1.807, 2.05) is 13.8 Å². The molecule has 0 saturated carbocycles. The number of aryl methyl sites for hydroxylation is 1. The smallest absolute Gasteiger partial charge is 0.277 e. The normalized spacial score (nSPS) is 22.0. The largest absolute Gasteiger partial charge is 0.348 e. The molecule has 0 aromatic carbocycles. The van der Waals surface area contributed by atoms with Crippen molar-refractivity contribution in [2.45, 2.75) is 46.1 Å². The molecule has 116 valence electrons. The van der Waals surface area contributed by atoms with Gasteiger partial charge >= 0.3 is 0 Å². The maximum absolute atomic E-state index is 12.5. The minimum absolute atomic E-state index is 0.0635. The molecule has 1 aliphatic rings. The van der Waals surface area contributed by atoms with Gasteiger partial charge < -0.3 is 10.6 Å². The van der Waals surface area contributed by atoms with E-state index in [-0.39, 0.29) is 17.5 Å². The van der Waals surface area contributed by atoms with Gasteiger partial charge in [0.05, 0.1) is 5.69 Å². The highest BCUT2D eigenvalue weighted by Gasteiger charge is 2.26. The van der Waals surface area contributed by atoms with E-state index in [0.29, 0.717) is 18.8 Å². The van der Waals surface area contributed by atoms with Crippen LogP contribution in [0, 0.1) is 5.92 Å². The second-order valence-electron chi connectivity index (χ2n) is 5.61. The van der Waals surface area contributed by atoms with E-state index in [4.69, 9.17) is 0 Å². The monoisotopic (exact) mass is 292 g/mol. The van der Waals surface area contributed by atoms with E-state index in [0.717, 1.165) is 30.8 Å². The first-order chi connectivity index (χ1) is 10.1. The predicted molar refractivity (Wildman–Crippen MR) is 81.5 cm³/mol. The van der Waals surface area contributed by atoms with Gasteiger partial charge in [-0.3, -0.25) is 9.59 Å². The number of carbonyl (C=O) groups excluding carboxylic acids is 1. The molecule has 1 aromatic heterocycles. The van der Waals surface area contributed by atoms with E-state index in [1.165, 1.54) is 0 Å². The van der Waals surface area contributed by atoms with E-state index < -0.39 is 5.56 Å². The minimum atomic E-state index is -0.405. The predicted octanol–water partition coefficient (Wildman–Crippen LogP) is 0.623. The summed E-state index contributed by atoms with van der Waals surface area (Å²) in [5.74, 6) is 0.123. The molecule has 1 amide bonds. The number of piperidine rings is 1. The summed E-state index contributed by atoms with van der Waals surface area (Å²) in [6.45, 7) is 7.76. The van der Waals surface area contributed by atoms with E-state index in [1.54, 1.807) is 0 Å². The highest BCUT2D eigenvalue weighted by molar-refractivity contribution is 5.95. The van der Waals surface area contributed by atoms with Crippen LogP contribution in [0.2, 0.25) is 0 Å². The molecule has 2 rings (SSSR count). The van der Waals surface area contributed by atoms with Gasteiger partial charge in [-0.1, -0.05) is 20.8 Å². The highest BCUT2D eigenvalue weighted by atomic mass is 16.2. The van der Waals surface area contributed by atoms with Crippen LogP contribution in [0.1, 0.15) is 48.8 Å². The molecule has 21 heavy (non-hydrogen) atoms. The summed E-state index contributed by atoms with van der Waals surface area (Å²) in [6.07, 6.45) is 2.35. The lowest BCUT2D eigenvalue weighted by atomic mass is 9.94. The lowest BCUT2D eigenvalue weighted by Gasteiger charge is -2.30. The molecule has 0 aliphatic carbocycles. The Bertz CT molecular complexity index is 567. The van der Waals surface area contributed by atoms with Crippen molar-refractivity contribution < 1.29 is 4.79 Å². The maximum Gasteiger partial charge on any atom is 0.277 e. The fourth-order valence-electron chi connectivity index (χ4n) is 2.86. The number of carbonyl (C=O) groups is 1. The molecule has 0 radical (unpaired) electrons. The molecule has 1 fully saturated rings. The zero-order valence-electron chi connectivity index (χ0n) is 13.0. The quantitative estimate of drug-likeness (QED) is 0.759. The first-order valence-electron chi connectivity index (χ1n) is 7.70. The number of rotatable bonds is 4. The summed E-state index contributed by atoms with van der Waals surface area (Å²) < 4.78 is 0. The Morgan fingerprint density at radius 2 is 2.14 bits per heavy atom. The van der Waals surface area contributed by atoms with Gasteiger partial charge in [-0.2, -0.15) is 5.10 Å². The summed E-state index contributed by atoms with van der Waals surface area (Å²) in [4.78, 5) is 24.6. The van der Waals surface area contributed by atoms with Crippen molar-refractivity contribution in [2.24, 2.45) is 5.92 Å². The van der Waals surface area contributed by atoms with Crippen molar-refractivity contribution in [3.05, 3.63) is 27.2 Å². The van der Waals surface area contributed by atoms with E-state index >= 15 is 0 Å². The van der Waals surface area contributed by atoms with Gasteiger partial charge in [0.1, 0.15) is 5.56 Å². The Hall–Kier alpha value is -1.69. The molecular weight excluding hydrogens is 268 g/mol. The van der Waals surface area contributed by atoms with Gasteiger partial charge in [0, 0.05) is 12.6 Å². The van der Waals surface area contributed by atoms with Crippen LogP contribution in [0.25, 0.3) is 0 Å². The lowest BCUT2D eigenvalue weighted by molar-refractivity contribution is 0.0912. The fourth-order valence-corrected chi connectivity index (χ4v) is 2.86. The van der Waals surface area contributed by atoms with Crippen LogP contribution in [0.4, 0.5) is 0 Å². The third-order valence-electron chi connectivity index (χ3n) is 4.23. The third-order valence-corrected chi connectivity index (χ3v) is 4.23. The molecule has 1 saturated heterocycles. The zero-order valence-corrected chi connectivity index (χ0v) is 13.0. The average molecular weight is 292 g/mol. The molecule has 0 spiro atoms. The Balaban J connectivity index is 2.28. The lowest BCUT2D eigenvalue weighted by Crippen LogP contribution is -2.51. The number of aromatic nitrogens is 2. The molecular formula is C15H24N4O2. The van der Waals surface area contributed by atoms with Crippen LogP contribution in [-0.2, 0) is 12.8 Å². The standard InChI is InChI=1S/C15H24N4O2/c1-4-10-11(5-2)18-19-15(21)13(10)14(20)17-12-8-16-7-6-9(12)3/h9,12,16H,4-8H2,1-3H3,(H,17,20)(H,19,21). The first-order valence-corrected chi connectivity index (χ1v) is 7.70. The third kappa shape index (κ3) is 3.32. The van der Waals surface area contributed by atoms with Crippen LogP contribution in [-0.4, -0.2) is 35.2 Å². The number of amides is 1. The number of nitrogens with one attached hydrogen (secondary N) is 3. The highest BCUT2D eigenvalue weighted by Crippen LogP contribution is 2.14. The number of aromatic amines is 1. The van der Waals surface area contributed by atoms with Crippen molar-refractivity contribution in [2.75, 3.05) is 13.1 Å².